The molecule has 1 aliphatic heterocycles. The summed E-state index contributed by atoms with van der Waals surface area (Å²) in [7, 11) is 1.92. The number of carbonyl (C=O) groups excluding carboxylic acids is 1. The topological polar surface area (TPSA) is 90.2 Å². The lowest BCUT2D eigenvalue weighted by atomic mass is 9.65. The molecule has 0 spiro atoms. The molecular formula is C26H51NO5. The highest BCUT2D eigenvalue weighted by atomic mass is 16.6. The average Bonchev–Trinajstić information content (AvgIpc) is 2.67. The van der Waals surface area contributed by atoms with Crippen LogP contribution in [0.5, 0.6) is 0 Å². The quantitative estimate of drug-likeness (QED) is 0.548. The lowest BCUT2D eigenvalue weighted by Gasteiger charge is -2.44. The Hall–Kier alpha value is -0.690. The second-order valence-corrected chi connectivity index (χ2v) is 11.6. The molecule has 190 valence electrons. The first-order chi connectivity index (χ1) is 14.5. The van der Waals surface area contributed by atoms with Gasteiger partial charge >= 0.3 is 5.97 Å². The molecule has 0 amide bonds. The summed E-state index contributed by atoms with van der Waals surface area (Å²) >= 11 is 0. The molecule has 0 aromatic heterocycles. The fourth-order valence-corrected chi connectivity index (χ4v) is 6.24. The Balaban J connectivity index is 3.47. The fraction of sp³-hybridized carbons (Fsp3) is 0.962. The van der Waals surface area contributed by atoms with E-state index in [0.29, 0.717) is 19.4 Å². The molecule has 10 atom stereocenters. The Morgan fingerprint density at radius 2 is 1.62 bits per heavy atom. The smallest absolute Gasteiger partial charge is 0.309 e. The van der Waals surface area contributed by atoms with Crippen LogP contribution in [-0.4, -0.2) is 69.2 Å². The minimum atomic E-state index is -1.58. The second kappa shape index (κ2) is 11.2. The number of nitrogens with zero attached hydrogens (tertiary/aromatic N) is 1. The van der Waals surface area contributed by atoms with Gasteiger partial charge in [0.1, 0.15) is 17.8 Å². The van der Waals surface area contributed by atoms with Crippen LogP contribution in [0.25, 0.3) is 0 Å². The highest BCUT2D eigenvalue weighted by Gasteiger charge is 2.47. The average molecular weight is 458 g/mol. The Bertz CT molecular complexity index is 605. The Labute approximate surface area is 196 Å². The van der Waals surface area contributed by atoms with Gasteiger partial charge in [-0.15, -0.1) is 0 Å². The van der Waals surface area contributed by atoms with Gasteiger partial charge in [-0.2, -0.15) is 0 Å². The van der Waals surface area contributed by atoms with Crippen LogP contribution >= 0.6 is 0 Å². The maximum atomic E-state index is 13.1. The molecule has 1 heterocycles. The van der Waals surface area contributed by atoms with Gasteiger partial charge in [0.15, 0.2) is 0 Å². The van der Waals surface area contributed by atoms with Gasteiger partial charge in [0.05, 0.1) is 11.5 Å². The van der Waals surface area contributed by atoms with Crippen molar-refractivity contribution in [3.05, 3.63) is 0 Å². The standard InChI is InChI=1S/C26H51NO5/c1-12-21-26(10,31)23(28)20(8)27(11)14-16(4)13-25(9,30)22(15(2)3)18(6)17(5)19(7)24(29)32-21/h15-23,28,30-31H,12-14H2,1-11H3/t16-,17+,18+,19-,20-,21-,22-,23-,25-,26-/m1/s1. The van der Waals surface area contributed by atoms with Gasteiger partial charge in [0, 0.05) is 12.6 Å². The summed E-state index contributed by atoms with van der Waals surface area (Å²) < 4.78 is 5.81. The number of ether oxygens (including phenoxy) is 1. The van der Waals surface area contributed by atoms with Crippen molar-refractivity contribution in [3.63, 3.8) is 0 Å². The summed E-state index contributed by atoms with van der Waals surface area (Å²) in [6.45, 7) is 20.3. The molecular weight excluding hydrogens is 406 g/mol. The van der Waals surface area contributed by atoms with Crippen LogP contribution in [0.4, 0.5) is 0 Å². The van der Waals surface area contributed by atoms with Gasteiger partial charge in [-0.3, -0.25) is 4.79 Å². The molecule has 3 N–H and O–H groups in total. The lowest BCUT2D eigenvalue weighted by molar-refractivity contribution is -0.191. The van der Waals surface area contributed by atoms with Crippen molar-refractivity contribution in [3.8, 4) is 0 Å². The third-order valence-corrected chi connectivity index (χ3v) is 8.39. The van der Waals surface area contributed by atoms with E-state index >= 15 is 0 Å². The van der Waals surface area contributed by atoms with Crippen LogP contribution in [0.3, 0.4) is 0 Å². The van der Waals surface area contributed by atoms with E-state index in [1.807, 2.05) is 46.6 Å². The van der Waals surface area contributed by atoms with Crippen molar-refractivity contribution < 1.29 is 24.9 Å². The minimum Gasteiger partial charge on any atom is -0.459 e. The van der Waals surface area contributed by atoms with Crippen molar-refractivity contribution in [2.24, 2.45) is 35.5 Å². The highest BCUT2D eigenvalue weighted by molar-refractivity contribution is 5.72. The molecule has 0 aromatic rings. The van der Waals surface area contributed by atoms with Crippen molar-refractivity contribution in [1.29, 1.82) is 0 Å². The van der Waals surface area contributed by atoms with Crippen molar-refractivity contribution in [1.82, 2.24) is 4.90 Å². The van der Waals surface area contributed by atoms with Crippen LogP contribution in [0, 0.1) is 35.5 Å². The second-order valence-electron chi connectivity index (χ2n) is 11.6. The number of hydrogen-bond donors (Lipinski definition) is 3. The van der Waals surface area contributed by atoms with E-state index in [2.05, 4.69) is 27.7 Å². The fourth-order valence-electron chi connectivity index (χ4n) is 6.24. The van der Waals surface area contributed by atoms with E-state index in [1.165, 1.54) is 0 Å². The summed E-state index contributed by atoms with van der Waals surface area (Å²) in [4.78, 5) is 15.1. The van der Waals surface area contributed by atoms with Gasteiger partial charge in [-0.25, -0.2) is 0 Å². The molecule has 6 heteroatoms. The molecule has 1 aliphatic rings. The third-order valence-electron chi connectivity index (χ3n) is 8.39. The predicted octanol–water partition coefficient (Wildman–Crippen LogP) is 3.71. The number of esters is 1. The van der Waals surface area contributed by atoms with E-state index in [9.17, 15) is 20.1 Å². The number of likely N-dealkylation sites (N-methyl/N-ethyl adjacent to an activating group) is 1. The number of aliphatic hydroxyl groups excluding tert-OH is 1. The molecule has 0 aromatic carbocycles. The first-order valence-corrected chi connectivity index (χ1v) is 12.5. The summed E-state index contributed by atoms with van der Waals surface area (Å²) in [5, 5.41) is 33.9. The summed E-state index contributed by atoms with van der Waals surface area (Å²) in [5.74, 6) is -0.249. The number of rotatable bonds is 2. The van der Waals surface area contributed by atoms with Crippen LogP contribution in [0.2, 0.25) is 0 Å². The van der Waals surface area contributed by atoms with E-state index in [-0.39, 0.29) is 41.6 Å². The number of aliphatic hydroxyl groups is 3. The van der Waals surface area contributed by atoms with Crippen LogP contribution in [0.1, 0.15) is 82.1 Å². The third kappa shape index (κ3) is 6.46. The van der Waals surface area contributed by atoms with E-state index in [4.69, 9.17) is 4.74 Å². The van der Waals surface area contributed by atoms with Crippen molar-refractivity contribution >= 4 is 5.97 Å². The van der Waals surface area contributed by atoms with Crippen LogP contribution in [-0.2, 0) is 9.53 Å². The van der Waals surface area contributed by atoms with Gasteiger partial charge in [0.25, 0.3) is 0 Å². The van der Waals surface area contributed by atoms with Gasteiger partial charge < -0.3 is 25.0 Å². The molecule has 0 bridgehead atoms. The normalized spacial score (nSPS) is 46.4. The minimum absolute atomic E-state index is 0.0127. The van der Waals surface area contributed by atoms with Crippen molar-refractivity contribution in [2.75, 3.05) is 13.6 Å². The molecule has 1 saturated heterocycles. The summed E-state index contributed by atoms with van der Waals surface area (Å²) in [6, 6.07) is -0.355. The summed E-state index contributed by atoms with van der Waals surface area (Å²) in [6.07, 6.45) is -0.884. The first kappa shape index (κ1) is 29.3. The Morgan fingerprint density at radius 1 is 1.09 bits per heavy atom. The van der Waals surface area contributed by atoms with Crippen LogP contribution in [0.15, 0.2) is 0 Å². The molecule has 0 saturated carbocycles. The zero-order valence-electron chi connectivity index (χ0n) is 22.4. The largest absolute Gasteiger partial charge is 0.459 e. The van der Waals surface area contributed by atoms with E-state index in [1.54, 1.807) is 6.92 Å². The highest BCUT2D eigenvalue weighted by Crippen LogP contribution is 2.42. The first-order valence-electron chi connectivity index (χ1n) is 12.5. The molecule has 0 aliphatic carbocycles. The predicted molar refractivity (Wildman–Crippen MR) is 129 cm³/mol. The van der Waals surface area contributed by atoms with Gasteiger partial charge in [-0.05, 0) is 70.3 Å². The van der Waals surface area contributed by atoms with Gasteiger partial charge in [0.2, 0.25) is 0 Å². The lowest BCUT2D eigenvalue weighted by Crippen LogP contribution is -2.59. The van der Waals surface area contributed by atoms with E-state index < -0.39 is 29.3 Å². The maximum absolute atomic E-state index is 13.1. The SMILES string of the molecule is CC[C@H]1OC(=O)[C@H](C)[C@@H](C)[C@H](C)[C@@H](C(C)C)[C@](C)(O)C[C@@H](C)CN(C)[C@H](C)[C@@H](O)[C@]1(C)O. The summed E-state index contributed by atoms with van der Waals surface area (Å²) in [5.41, 5.74) is -2.48. The number of hydrogen-bond acceptors (Lipinski definition) is 6. The van der Waals surface area contributed by atoms with Crippen LogP contribution < -0.4 is 0 Å². The number of carbonyl (C=O) groups is 1. The van der Waals surface area contributed by atoms with Gasteiger partial charge in [-0.1, -0.05) is 48.5 Å². The molecule has 32 heavy (non-hydrogen) atoms. The Kier molecular flexibility index (Phi) is 10.2. The molecule has 6 nitrogen and oxygen atoms in total. The molecule has 1 fully saturated rings. The zero-order chi connectivity index (χ0) is 25.2. The number of cyclic esters (lactones) is 1. The Morgan fingerprint density at radius 3 is 2.09 bits per heavy atom. The zero-order valence-corrected chi connectivity index (χ0v) is 22.4. The molecule has 0 radical (unpaired) electrons. The molecule has 0 unspecified atom stereocenters. The maximum Gasteiger partial charge on any atom is 0.309 e. The monoisotopic (exact) mass is 457 g/mol. The van der Waals surface area contributed by atoms with E-state index in [0.717, 1.165) is 0 Å². The van der Waals surface area contributed by atoms with Crippen molar-refractivity contribution in [2.45, 2.75) is 112 Å². The molecule has 1 rings (SSSR count).